The summed E-state index contributed by atoms with van der Waals surface area (Å²) in [6, 6.07) is 4.53. The van der Waals surface area contributed by atoms with Crippen LogP contribution in [0.4, 0.5) is 13.2 Å². The molecule has 5 nitrogen and oxygen atoms in total. The molecule has 1 aromatic carbocycles. The quantitative estimate of drug-likeness (QED) is 0.587. The molecule has 2 amide bonds. The number of benzene rings is 1. The molecular formula is C14H18F3N3O2. The molecule has 8 heteroatoms. The average Bonchev–Trinajstić information content (AvgIpc) is 2.40. The number of hydrogen-bond acceptors (Lipinski definition) is 3. The van der Waals surface area contributed by atoms with Gasteiger partial charge in [-0.3, -0.25) is 15.0 Å². The van der Waals surface area contributed by atoms with Crippen molar-refractivity contribution in [3.63, 3.8) is 0 Å². The van der Waals surface area contributed by atoms with Crippen LogP contribution >= 0.6 is 0 Å². The van der Waals surface area contributed by atoms with Gasteiger partial charge in [0.2, 0.25) is 0 Å². The third kappa shape index (κ3) is 6.13. The first-order chi connectivity index (χ1) is 9.99. The van der Waals surface area contributed by atoms with Crippen LogP contribution in [-0.4, -0.2) is 17.4 Å². The fourth-order valence-electron chi connectivity index (χ4n) is 1.42. The highest BCUT2D eigenvalue weighted by molar-refractivity contribution is 6.34. The molecule has 0 saturated heterocycles. The second kappa shape index (κ2) is 6.78. The normalized spacial score (nSPS) is 11.9. The first-order valence-corrected chi connectivity index (χ1v) is 6.50. The van der Waals surface area contributed by atoms with Crippen molar-refractivity contribution in [2.75, 3.05) is 0 Å². The summed E-state index contributed by atoms with van der Waals surface area (Å²) in [5.41, 5.74) is 3.86. The van der Waals surface area contributed by atoms with Gasteiger partial charge in [0.15, 0.2) is 0 Å². The molecule has 122 valence electrons. The highest BCUT2D eigenvalue weighted by Crippen LogP contribution is 2.29. The smallest absolute Gasteiger partial charge is 0.344 e. The largest absolute Gasteiger partial charge is 0.416 e. The number of amides is 2. The Morgan fingerprint density at radius 2 is 1.73 bits per heavy atom. The summed E-state index contributed by atoms with van der Waals surface area (Å²) >= 11 is 0. The number of nitrogens with one attached hydrogen (secondary N) is 3. The molecule has 1 aromatic rings. The third-order valence-corrected chi connectivity index (χ3v) is 2.46. The predicted molar refractivity (Wildman–Crippen MR) is 74.3 cm³/mol. The second-order valence-electron chi connectivity index (χ2n) is 5.71. The summed E-state index contributed by atoms with van der Waals surface area (Å²) in [5, 5.41) is 2.26. The molecule has 0 radical (unpaired) electrons. The highest BCUT2D eigenvalue weighted by Gasteiger charge is 2.30. The Kier molecular flexibility index (Phi) is 5.54. The molecule has 0 heterocycles. The number of carbonyl (C=O) groups is 2. The van der Waals surface area contributed by atoms with E-state index in [1.54, 1.807) is 20.8 Å². The number of rotatable bonds is 3. The van der Waals surface area contributed by atoms with Gasteiger partial charge in [-0.15, -0.1) is 0 Å². The van der Waals surface area contributed by atoms with Crippen molar-refractivity contribution in [1.82, 2.24) is 16.2 Å². The van der Waals surface area contributed by atoms with Crippen LogP contribution in [0.1, 0.15) is 31.9 Å². The van der Waals surface area contributed by atoms with Gasteiger partial charge in [-0.05, 0) is 38.5 Å². The van der Waals surface area contributed by atoms with Gasteiger partial charge in [-0.2, -0.15) is 13.2 Å². The van der Waals surface area contributed by atoms with Crippen molar-refractivity contribution in [3.8, 4) is 0 Å². The standard InChI is InChI=1S/C14H18F3N3O2/c1-13(2,3)20-19-12(22)11(21)18-8-9-5-4-6-10(7-9)14(15,16)17/h4-7,20H,8H2,1-3H3,(H,18,21)(H,19,22). The maximum Gasteiger partial charge on any atom is 0.416 e. The van der Waals surface area contributed by atoms with Gasteiger partial charge in [0.1, 0.15) is 0 Å². The summed E-state index contributed by atoms with van der Waals surface area (Å²) in [7, 11) is 0. The van der Waals surface area contributed by atoms with Crippen molar-refractivity contribution in [2.45, 2.75) is 39.0 Å². The zero-order valence-corrected chi connectivity index (χ0v) is 12.5. The molecule has 22 heavy (non-hydrogen) atoms. The zero-order chi connectivity index (χ0) is 17.0. The minimum Gasteiger partial charge on any atom is -0.344 e. The van der Waals surface area contributed by atoms with E-state index in [4.69, 9.17) is 0 Å². The van der Waals surface area contributed by atoms with Crippen molar-refractivity contribution in [2.24, 2.45) is 0 Å². The van der Waals surface area contributed by atoms with E-state index < -0.39 is 29.1 Å². The molecule has 0 aliphatic carbocycles. The summed E-state index contributed by atoms with van der Waals surface area (Å²) in [6.45, 7) is 5.18. The minimum absolute atomic E-state index is 0.175. The van der Waals surface area contributed by atoms with E-state index >= 15 is 0 Å². The summed E-state index contributed by atoms with van der Waals surface area (Å²) in [6.07, 6.45) is -4.45. The Bertz CT molecular complexity index is 551. The molecule has 0 aliphatic heterocycles. The Morgan fingerprint density at radius 3 is 2.27 bits per heavy atom. The van der Waals surface area contributed by atoms with Crippen LogP contribution in [0.5, 0.6) is 0 Å². The number of carbonyl (C=O) groups excluding carboxylic acids is 2. The summed E-state index contributed by atoms with van der Waals surface area (Å²) in [5.74, 6) is -1.85. The van der Waals surface area contributed by atoms with Gasteiger partial charge in [-0.1, -0.05) is 12.1 Å². The van der Waals surface area contributed by atoms with Gasteiger partial charge in [0.25, 0.3) is 0 Å². The highest BCUT2D eigenvalue weighted by atomic mass is 19.4. The van der Waals surface area contributed by atoms with E-state index in [-0.39, 0.29) is 12.1 Å². The summed E-state index contributed by atoms with van der Waals surface area (Å²) < 4.78 is 37.6. The zero-order valence-electron chi connectivity index (χ0n) is 12.5. The molecule has 0 aromatic heterocycles. The van der Waals surface area contributed by atoms with Crippen molar-refractivity contribution < 1.29 is 22.8 Å². The van der Waals surface area contributed by atoms with E-state index in [9.17, 15) is 22.8 Å². The molecule has 3 N–H and O–H groups in total. The number of halogens is 3. The van der Waals surface area contributed by atoms with Gasteiger partial charge in [0.05, 0.1) is 5.56 Å². The molecule has 0 fully saturated rings. The molecule has 0 aliphatic rings. The number of hydrazine groups is 1. The lowest BCUT2D eigenvalue weighted by atomic mass is 10.1. The molecule has 0 spiro atoms. The number of hydrogen-bond donors (Lipinski definition) is 3. The van der Waals surface area contributed by atoms with Crippen LogP contribution in [0.15, 0.2) is 24.3 Å². The van der Waals surface area contributed by atoms with E-state index in [2.05, 4.69) is 16.2 Å². The fourth-order valence-corrected chi connectivity index (χ4v) is 1.42. The van der Waals surface area contributed by atoms with Crippen molar-refractivity contribution in [1.29, 1.82) is 0 Å². The molecule has 0 bridgehead atoms. The summed E-state index contributed by atoms with van der Waals surface area (Å²) in [4.78, 5) is 23.0. The maximum atomic E-state index is 12.5. The first kappa shape index (κ1) is 18.0. The molecule has 0 unspecified atom stereocenters. The van der Waals surface area contributed by atoms with Gasteiger partial charge >= 0.3 is 18.0 Å². The van der Waals surface area contributed by atoms with Gasteiger partial charge in [0, 0.05) is 12.1 Å². The molecule has 0 saturated carbocycles. The van der Waals surface area contributed by atoms with Crippen LogP contribution < -0.4 is 16.2 Å². The molecule has 1 rings (SSSR count). The monoisotopic (exact) mass is 317 g/mol. The second-order valence-corrected chi connectivity index (χ2v) is 5.71. The SMILES string of the molecule is CC(C)(C)NNC(=O)C(=O)NCc1cccc(C(F)(F)F)c1. The van der Waals surface area contributed by atoms with Crippen LogP contribution in [0.2, 0.25) is 0 Å². The third-order valence-electron chi connectivity index (χ3n) is 2.46. The fraction of sp³-hybridized carbons (Fsp3) is 0.429. The molecular weight excluding hydrogens is 299 g/mol. The van der Waals surface area contributed by atoms with E-state index in [1.807, 2.05) is 0 Å². The predicted octanol–water partition coefficient (Wildman–Crippen LogP) is 1.74. The lowest BCUT2D eigenvalue weighted by molar-refractivity contribution is -0.140. The number of alkyl halides is 3. The van der Waals surface area contributed by atoms with E-state index in [0.29, 0.717) is 0 Å². The molecule has 0 atom stereocenters. The Hall–Kier alpha value is -2.09. The maximum absolute atomic E-state index is 12.5. The average molecular weight is 317 g/mol. The van der Waals surface area contributed by atoms with Gasteiger partial charge < -0.3 is 5.32 Å². The van der Waals surface area contributed by atoms with Crippen molar-refractivity contribution >= 4 is 11.8 Å². The van der Waals surface area contributed by atoms with Crippen LogP contribution in [0.25, 0.3) is 0 Å². The van der Waals surface area contributed by atoms with Crippen LogP contribution in [-0.2, 0) is 22.3 Å². The van der Waals surface area contributed by atoms with E-state index in [1.165, 1.54) is 12.1 Å². The Labute approximate surface area is 126 Å². The Balaban J connectivity index is 2.56. The van der Waals surface area contributed by atoms with Crippen molar-refractivity contribution in [3.05, 3.63) is 35.4 Å². The van der Waals surface area contributed by atoms with Crippen LogP contribution in [0.3, 0.4) is 0 Å². The first-order valence-electron chi connectivity index (χ1n) is 6.50. The van der Waals surface area contributed by atoms with E-state index in [0.717, 1.165) is 12.1 Å². The Morgan fingerprint density at radius 1 is 1.09 bits per heavy atom. The topological polar surface area (TPSA) is 70.2 Å². The van der Waals surface area contributed by atoms with Gasteiger partial charge in [-0.25, -0.2) is 5.43 Å². The lowest BCUT2D eigenvalue weighted by Gasteiger charge is -2.20. The minimum atomic E-state index is -4.45. The lowest BCUT2D eigenvalue weighted by Crippen LogP contribution is -2.52. The van der Waals surface area contributed by atoms with Crippen LogP contribution in [0, 0.1) is 0 Å².